The molecule has 642 valence electrons. The lowest BCUT2D eigenvalue weighted by atomic mass is 9.90. The van der Waals surface area contributed by atoms with E-state index in [9.17, 15) is 59.4 Å². The zero-order valence-electron chi connectivity index (χ0n) is 72.3. The second-order valence-corrected chi connectivity index (χ2v) is 32.2. The number of benzene rings is 14. The minimum absolute atomic E-state index is 0.0438. The molecule has 0 aromatic heterocycles. The van der Waals surface area contributed by atoms with Crippen LogP contribution in [0.5, 0.6) is 69.0 Å². The van der Waals surface area contributed by atoms with Crippen molar-refractivity contribution in [3.63, 3.8) is 0 Å². The summed E-state index contributed by atoms with van der Waals surface area (Å²) in [5.74, 6) is 0.468. The molecule has 0 aliphatic carbocycles. The van der Waals surface area contributed by atoms with Crippen LogP contribution in [0.1, 0.15) is 154 Å². The number of aromatic hydroxyl groups is 8. The van der Waals surface area contributed by atoms with E-state index in [1.54, 1.807) is 84.9 Å². The van der Waals surface area contributed by atoms with Crippen molar-refractivity contribution in [1.29, 1.82) is 0 Å². The predicted octanol–water partition coefficient (Wildman–Crippen LogP) is 24.1. The first-order chi connectivity index (χ1) is 58.5. The van der Waals surface area contributed by atoms with Gasteiger partial charge >= 0.3 is 35.8 Å². The van der Waals surface area contributed by atoms with Gasteiger partial charge in [-0.25, -0.2) is 0 Å². The highest BCUT2D eigenvalue weighted by molar-refractivity contribution is 6.15. The third kappa shape index (κ3) is 22.5. The van der Waals surface area contributed by atoms with Crippen molar-refractivity contribution in [2.45, 2.75) is 156 Å². The van der Waals surface area contributed by atoms with Gasteiger partial charge in [-0.3, -0.25) is 28.8 Å². The summed E-state index contributed by atoms with van der Waals surface area (Å²) in [4.78, 5) is 72.6. The minimum atomic E-state index is -0.609. The molecule has 0 bridgehead atoms. The molecule has 0 radical (unpaired) electrons. The van der Waals surface area contributed by atoms with Gasteiger partial charge in [0.25, 0.3) is 0 Å². The minimum Gasteiger partial charge on any atom is -0.508 e. The highest BCUT2D eigenvalue weighted by Crippen LogP contribution is 2.48. The smallest absolute Gasteiger partial charge is 0.316 e. The highest BCUT2D eigenvalue weighted by Gasteiger charge is 2.32. The van der Waals surface area contributed by atoms with E-state index < -0.39 is 16.2 Å². The third-order valence-electron chi connectivity index (χ3n) is 22.4. The van der Waals surface area contributed by atoms with Crippen LogP contribution in [0.25, 0.3) is 86.2 Å². The SMILES string of the molecule is CCC(C)(C)C(=O)OCc1ccc(O)cc1.CCC(C)(C)C(=O)Oc1c2ccccc2c(O)c2ccccc12.CCC(C)(C)C(=O)Oc1c2ccccc2cc2c(O)c(O)ccc12.CCC(C)C(=O)OCc1ccc(O)cc1.CCC(C)C(=O)Oc1c2ccccc2c(O)c2cc(O)ccc12.CCC(C)C(=O)Oc1c2ccccc2c(O)c2ccccc12. The van der Waals surface area contributed by atoms with Gasteiger partial charge in [-0.2, -0.15) is 0 Å². The average Bonchev–Trinajstić information content (AvgIpc) is 0.760. The molecule has 0 amide bonds. The molecule has 0 aliphatic heterocycles. The maximum absolute atomic E-state index is 12.6. The van der Waals surface area contributed by atoms with Crippen LogP contribution in [0.2, 0.25) is 0 Å². The molecule has 0 heterocycles. The second kappa shape index (κ2) is 41.6. The molecular formula is C103H110O20. The highest BCUT2D eigenvalue weighted by atomic mass is 16.6. The van der Waals surface area contributed by atoms with Gasteiger partial charge < -0.3 is 69.3 Å². The Morgan fingerprint density at radius 3 is 0.919 bits per heavy atom. The lowest BCUT2D eigenvalue weighted by Crippen LogP contribution is -2.28. The van der Waals surface area contributed by atoms with Gasteiger partial charge in [0.15, 0.2) is 11.5 Å². The summed E-state index contributed by atoms with van der Waals surface area (Å²) in [6.07, 6.45) is 4.30. The fourth-order valence-corrected chi connectivity index (χ4v) is 12.4. The van der Waals surface area contributed by atoms with E-state index in [2.05, 4.69) is 0 Å². The first-order valence-electron chi connectivity index (χ1n) is 41.3. The van der Waals surface area contributed by atoms with Crippen molar-refractivity contribution in [2.24, 2.45) is 34.0 Å². The number of hydrogen-bond acceptors (Lipinski definition) is 20. The van der Waals surface area contributed by atoms with E-state index in [0.29, 0.717) is 96.1 Å². The normalized spacial score (nSPS) is 12.0. The van der Waals surface area contributed by atoms with Gasteiger partial charge in [-0.05, 0) is 157 Å². The molecule has 14 aromatic carbocycles. The van der Waals surface area contributed by atoms with Crippen LogP contribution >= 0.6 is 0 Å². The largest absolute Gasteiger partial charge is 0.508 e. The first kappa shape index (κ1) is 93.2. The molecule has 123 heavy (non-hydrogen) atoms. The molecule has 20 heteroatoms. The number of ether oxygens (including phenoxy) is 6. The predicted molar refractivity (Wildman–Crippen MR) is 485 cm³/mol. The number of carbonyl (C=O) groups is 6. The maximum atomic E-state index is 12.6. The van der Waals surface area contributed by atoms with Crippen molar-refractivity contribution < 1.29 is 98.0 Å². The number of phenols is 8. The van der Waals surface area contributed by atoms with Gasteiger partial charge in [0.1, 0.15) is 70.7 Å². The van der Waals surface area contributed by atoms with E-state index >= 15 is 0 Å². The quantitative estimate of drug-likeness (QED) is 0.0152. The van der Waals surface area contributed by atoms with Crippen LogP contribution in [-0.2, 0) is 51.5 Å². The zero-order chi connectivity index (χ0) is 89.8. The molecule has 3 atom stereocenters. The van der Waals surface area contributed by atoms with Crippen molar-refractivity contribution in [1.82, 2.24) is 0 Å². The lowest BCUT2D eigenvalue weighted by molar-refractivity contribution is -0.155. The van der Waals surface area contributed by atoms with Gasteiger partial charge in [-0.15, -0.1) is 0 Å². The number of phenolic OH excluding ortho intramolecular Hbond substituents is 8. The maximum Gasteiger partial charge on any atom is 0.316 e. The molecule has 14 rings (SSSR count). The van der Waals surface area contributed by atoms with Crippen LogP contribution in [0, 0.1) is 34.0 Å². The second-order valence-electron chi connectivity index (χ2n) is 32.2. The van der Waals surface area contributed by atoms with Crippen LogP contribution < -0.4 is 18.9 Å². The molecule has 8 N–H and O–H groups in total. The number of carbonyl (C=O) groups excluding carboxylic acids is 6. The summed E-state index contributed by atoms with van der Waals surface area (Å²) in [5.41, 5.74) is 0.154. The topological polar surface area (TPSA) is 320 Å². The summed E-state index contributed by atoms with van der Waals surface area (Å²) in [6, 6.07) is 67.1. The zero-order valence-corrected chi connectivity index (χ0v) is 72.3. The molecular weight excluding hydrogens is 1560 g/mol. The average molecular weight is 1670 g/mol. The number of rotatable bonds is 20. The summed E-state index contributed by atoms with van der Waals surface area (Å²) in [7, 11) is 0. The fraction of sp³-hybridized carbons (Fsp3) is 0.282. The lowest BCUT2D eigenvalue weighted by Gasteiger charge is -2.22. The van der Waals surface area contributed by atoms with E-state index in [4.69, 9.17) is 38.6 Å². The van der Waals surface area contributed by atoms with Gasteiger partial charge in [0.2, 0.25) is 0 Å². The Morgan fingerprint density at radius 2 is 0.553 bits per heavy atom. The molecule has 14 aromatic rings. The first-order valence-corrected chi connectivity index (χ1v) is 41.3. The Bertz CT molecular complexity index is 6010. The Morgan fingerprint density at radius 1 is 0.276 bits per heavy atom. The van der Waals surface area contributed by atoms with Crippen LogP contribution in [0.3, 0.4) is 0 Å². The number of hydrogen-bond donors (Lipinski definition) is 8. The molecule has 0 fully saturated rings. The summed E-state index contributed by atoms with van der Waals surface area (Å²) in [6.45, 7) is 28.9. The van der Waals surface area contributed by atoms with Gasteiger partial charge in [0.05, 0.1) is 34.0 Å². The van der Waals surface area contributed by atoms with E-state index in [0.717, 1.165) is 62.7 Å². The third-order valence-corrected chi connectivity index (χ3v) is 22.4. The van der Waals surface area contributed by atoms with Crippen LogP contribution in [0.4, 0.5) is 0 Å². The molecule has 3 unspecified atom stereocenters. The molecule has 20 nitrogen and oxygen atoms in total. The standard InChI is InChI=1S/C20H20O4.C20H20O3.C19H18O4.C19H18O3.C13H18O3.C12H16O3/c1-4-20(2,3)19(23)24-18-13-8-6-5-7-12(13)11-15-14(18)9-10-16(21)17(15)22;1-4-20(2,3)19(22)23-18-15-11-7-5-9-13(15)17(21)14-10-6-8-12-16(14)18;1-3-11(2)19(22)23-18-14-7-5-4-6-13(14)17(21)16-10-12(20)8-9-15(16)18;1-3-12(2)19(21)22-18-15-10-6-4-8-13(15)17(20)14-9-5-7-11-16(14)18;1-4-13(2,3)12(15)16-9-10-5-7-11(14)8-6-10;1-3-9(2)12(14)15-8-10-4-6-11(13)7-5-10/h5-11,21-22H,4H2,1-3H3;5-12,21H,4H2,1-3H3;4-11,20-21H,3H2,1-2H3;4-12,20H,3H2,1-2H3;5-8,14H,4,9H2,1-3H3;4-7,9,13H,3,8H2,1-2H3. The van der Waals surface area contributed by atoms with Crippen LogP contribution in [0.15, 0.2) is 231 Å². The van der Waals surface area contributed by atoms with Crippen molar-refractivity contribution in [3.05, 3.63) is 242 Å². The van der Waals surface area contributed by atoms with E-state index in [-0.39, 0.29) is 113 Å². The summed E-state index contributed by atoms with van der Waals surface area (Å²) < 4.78 is 33.2. The Balaban J connectivity index is 0.000000169. The van der Waals surface area contributed by atoms with Crippen molar-refractivity contribution in [2.75, 3.05) is 0 Å². The van der Waals surface area contributed by atoms with Gasteiger partial charge in [-0.1, -0.05) is 232 Å². The van der Waals surface area contributed by atoms with Crippen molar-refractivity contribution >= 4 is 122 Å². The molecule has 0 aliphatic rings. The van der Waals surface area contributed by atoms with Crippen molar-refractivity contribution in [3.8, 4) is 69.0 Å². The Labute approximate surface area is 716 Å². The van der Waals surface area contributed by atoms with E-state index in [1.807, 2.05) is 231 Å². The molecule has 0 spiro atoms. The summed E-state index contributed by atoms with van der Waals surface area (Å²) in [5, 5.41) is 90.0. The Kier molecular flexibility index (Phi) is 31.5. The molecule has 0 saturated heterocycles. The Hall–Kier alpha value is -13.6. The number of fused-ring (bicyclic) bond motifs is 8. The van der Waals surface area contributed by atoms with E-state index in [1.165, 1.54) is 18.2 Å². The van der Waals surface area contributed by atoms with Crippen LogP contribution in [-0.4, -0.2) is 76.7 Å². The fourth-order valence-electron chi connectivity index (χ4n) is 12.4. The monoisotopic (exact) mass is 1670 g/mol. The van der Waals surface area contributed by atoms with Gasteiger partial charge in [0, 0.05) is 80.8 Å². The molecule has 0 saturated carbocycles. The summed E-state index contributed by atoms with van der Waals surface area (Å²) >= 11 is 0. The number of esters is 6.